The summed E-state index contributed by atoms with van der Waals surface area (Å²) in [5.41, 5.74) is 0.725. The highest BCUT2D eigenvalue weighted by atomic mass is 79.9. The summed E-state index contributed by atoms with van der Waals surface area (Å²) in [6, 6.07) is 9.66. The van der Waals surface area contributed by atoms with Crippen molar-refractivity contribution in [2.75, 3.05) is 7.05 Å². The lowest BCUT2D eigenvalue weighted by Gasteiger charge is -2.17. The van der Waals surface area contributed by atoms with Gasteiger partial charge in [0, 0.05) is 16.5 Å². The van der Waals surface area contributed by atoms with Gasteiger partial charge in [-0.2, -0.15) is 0 Å². The summed E-state index contributed by atoms with van der Waals surface area (Å²) in [5, 5.41) is 5.27. The first-order chi connectivity index (χ1) is 8.72. The van der Waals surface area contributed by atoms with Crippen molar-refractivity contribution in [2.45, 2.75) is 18.9 Å². The van der Waals surface area contributed by atoms with E-state index in [4.69, 9.17) is 0 Å². The second-order valence-electron chi connectivity index (χ2n) is 4.10. The van der Waals surface area contributed by atoms with Crippen molar-refractivity contribution >= 4 is 27.3 Å². The molecule has 2 aromatic rings. The first-order valence-corrected chi connectivity index (χ1v) is 7.53. The molecule has 2 rings (SSSR count). The van der Waals surface area contributed by atoms with Gasteiger partial charge in [0.2, 0.25) is 0 Å². The lowest BCUT2D eigenvalue weighted by atomic mass is 10.0. The molecule has 0 aliphatic rings. The third-order valence-electron chi connectivity index (χ3n) is 2.96. The van der Waals surface area contributed by atoms with Crippen LogP contribution < -0.4 is 5.32 Å². The molecule has 1 nitrogen and oxygen atoms in total. The maximum absolute atomic E-state index is 14.0. The molecular weight excluding hydrogens is 313 g/mol. The SMILES string of the molecule is CNC(CCc1cccs1)c1cccc(Br)c1F. The van der Waals surface area contributed by atoms with Crippen LogP contribution in [-0.2, 0) is 6.42 Å². The van der Waals surface area contributed by atoms with E-state index in [1.165, 1.54) is 4.88 Å². The molecule has 0 aliphatic carbocycles. The standard InChI is InChI=1S/C14H15BrFNS/c1-17-13(8-7-10-4-3-9-18-10)11-5-2-6-12(15)14(11)16/h2-6,9,13,17H,7-8H2,1H3. The number of nitrogens with one attached hydrogen (secondary N) is 1. The van der Waals surface area contributed by atoms with Crippen molar-refractivity contribution in [3.8, 4) is 0 Å². The fourth-order valence-electron chi connectivity index (χ4n) is 1.99. The summed E-state index contributed by atoms with van der Waals surface area (Å²) in [7, 11) is 1.87. The Morgan fingerprint density at radius 3 is 2.83 bits per heavy atom. The third kappa shape index (κ3) is 3.19. The fraction of sp³-hybridized carbons (Fsp3) is 0.286. The van der Waals surface area contributed by atoms with E-state index in [2.05, 4.69) is 32.7 Å². The van der Waals surface area contributed by atoms with Gasteiger partial charge in [-0.3, -0.25) is 0 Å². The van der Waals surface area contributed by atoms with Gasteiger partial charge in [0.25, 0.3) is 0 Å². The predicted octanol–water partition coefficient (Wildman–Crippen LogP) is 4.54. The van der Waals surface area contributed by atoms with Gasteiger partial charge in [0.05, 0.1) is 4.47 Å². The van der Waals surface area contributed by atoms with E-state index in [9.17, 15) is 4.39 Å². The van der Waals surface area contributed by atoms with Crippen LogP contribution in [0.2, 0.25) is 0 Å². The summed E-state index contributed by atoms with van der Waals surface area (Å²) in [5.74, 6) is -0.164. The molecule has 0 radical (unpaired) electrons. The van der Waals surface area contributed by atoms with E-state index >= 15 is 0 Å². The van der Waals surface area contributed by atoms with E-state index < -0.39 is 0 Å². The van der Waals surface area contributed by atoms with Crippen molar-refractivity contribution in [3.05, 3.63) is 56.4 Å². The van der Waals surface area contributed by atoms with Crippen molar-refractivity contribution in [1.82, 2.24) is 5.32 Å². The van der Waals surface area contributed by atoms with E-state index in [-0.39, 0.29) is 11.9 Å². The normalized spacial score (nSPS) is 12.6. The Bertz CT molecular complexity index is 499. The third-order valence-corrected chi connectivity index (χ3v) is 4.51. The molecule has 4 heteroatoms. The molecule has 0 aliphatic heterocycles. The molecule has 1 heterocycles. The number of hydrogen-bond donors (Lipinski definition) is 1. The Morgan fingerprint density at radius 2 is 2.17 bits per heavy atom. The topological polar surface area (TPSA) is 12.0 Å². The van der Waals surface area contributed by atoms with Crippen molar-refractivity contribution < 1.29 is 4.39 Å². The zero-order chi connectivity index (χ0) is 13.0. The minimum atomic E-state index is -0.164. The van der Waals surface area contributed by atoms with Crippen LogP contribution in [0.15, 0.2) is 40.2 Å². The molecule has 0 fully saturated rings. The molecule has 1 aromatic carbocycles. The smallest absolute Gasteiger partial charge is 0.142 e. The van der Waals surface area contributed by atoms with Crippen molar-refractivity contribution in [1.29, 1.82) is 0 Å². The summed E-state index contributed by atoms with van der Waals surface area (Å²) >= 11 is 4.98. The molecule has 0 saturated heterocycles. The molecule has 0 amide bonds. The van der Waals surface area contributed by atoms with E-state index in [0.717, 1.165) is 18.4 Å². The highest BCUT2D eigenvalue weighted by molar-refractivity contribution is 9.10. The van der Waals surface area contributed by atoms with Crippen LogP contribution in [-0.4, -0.2) is 7.05 Å². The van der Waals surface area contributed by atoms with Gasteiger partial charge in [-0.15, -0.1) is 11.3 Å². The molecule has 96 valence electrons. The summed E-state index contributed by atoms with van der Waals surface area (Å²) in [4.78, 5) is 1.34. The van der Waals surface area contributed by atoms with Gasteiger partial charge in [0.15, 0.2) is 0 Å². The van der Waals surface area contributed by atoms with Gasteiger partial charge in [0.1, 0.15) is 5.82 Å². The van der Waals surface area contributed by atoms with Gasteiger partial charge in [-0.05, 0) is 53.3 Å². The van der Waals surface area contributed by atoms with Crippen LogP contribution in [0.1, 0.15) is 22.9 Å². The van der Waals surface area contributed by atoms with Crippen molar-refractivity contribution in [2.24, 2.45) is 0 Å². The first kappa shape index (κ1) is 13.7. The first-order valence-electron chi connectivity index (χ1n) is 5.86. The van der Waals surface area contributed by atoms with E-state index in [1.54, 1.807) is 17.4 Å². The van der Waals surface area contributed by atoms with Crippen LogP contribution in [0.5, 0.6) is 0 Å². The van der Waals surface area contributed by atoms with Crippen LogP contribution in [0, 0.1) is 5.82 Å². The molecule has 1 N–H and O–H groups in total. The molecule has 1 aromatic heterocycles. The van der Waals surface area contributed by atoms with Crippen LogP contribution in [0.3, 0.4) is 0 Å². The number of rotatable bonds is 5. The van der Waals surface area contributed by atoms with Crippen LogP contribution in [0.25, 0.3) is 0 Å². The zero-order valence-corrected chi connectivity index (χ0v) is 12.5. The molecule has 0 saturated carbocycles. The van der Waals surface area contributed by atoms with Gasteiger partial charge < -0.3 is 5.32 Å². The van der Waals surface area contributed by atoms with E-state index in [0.29, 0.717) is 4.47 Å². The number of hydrogen-bond acceptors (Lipinski definition) is 2. The van der Waals surface area contributed by atoms with Crippen molar-refractivity contribution in [3.63, 3.8) is 0 Å². The molecule has 1 atom stereocenters. The van der Waals surface area contributed by atoms with Crippen LogP contribution in [0.4, 0.5) is 4.39 Å². The summed E-state index contributed by atoms with van der Waals surface area (Å²) in [6.45, 7) is 0. The second-order valence-corrected chi connectivity index (χ2v) is 5.99. The average molecular weight is 328 g/mol. The Morgan fingerprint density at radius 1 is 1.33 bits per heavy atom. The fourth-order valence-corrected chi connectivity index (χ4v) is 3.09. The largest absolute Gasteiger partial charge is 0.313 e. The Hall–Kier alpha value is -0.710. The Balaban J connectivity index is 2.10. The van der Waals surface area contributed by atoms with E-state index in [1.807, 2.05) is 25.2 Å². The van der Waals surface area contributed by atoms with Gasteiger partial charge in [-0.25, -0.2) is 4.39 Å². The minimum Gasteiger partial charge on any atom is -0.313 e. The van der Waals surface area contributed by atoms with Gasteiger partial charge >= 0.3 is 0 Å². The number of thiophene rings is 1. The monoisotopic (exact) mass is 327 g/mol. The van der Waals surface area contributed by atoms with Crippen LogP contribution >= 0.6 is 27.3 Å². The highest BCUT2D eigenvalue weighted by Crippen LogP contribution is 2.27. The molecule has 0 spiro atoms. The zero-order valence-electron chi connectivity index (χ0n) is 10.1. The van der Waals surface area contributed by atoms with Gasteiger partial charge in [-0.1, -0.05) is 18.2 Å². The quantitative estimate of drug-likeness (QED) is 0.849. The maximum atomic E-state index is 14.0. The summed E-state index contributed by atoms with van der Waals surface area (Å²) < 4.78 is 14.5. The molecule has 1 unspecified atom stereocenters. The lowest BCUT2D eigenvalue weighted by Crippen LogP contribution is -2.18. The lowest BCUT2D eigenvalue weighted by molar-refractivity contribution is 0.507. The highest BCUT2D eigenvalue weighted by Gasteiger charge is 2.15. The Labute approximate surface area is 119 Å². The Kier molecular flexibility index (Phi) is 4.92. The average Bonchev–Trinajstić information content (AvgIpc) is 2.88. The minimum absolute atomic E-state index is 0.0459. The number of halogens is 2. The molecule has 0 bridgehead atoms. The second kappa shape index (κ2) is 6.45. The summed E-state index contributed by atoms with van der Waals surface area (Å²) in [6.07, 6.45) is 1.86. The predicted molar refractivity (Wildman–Crippen MR) is 78.5 cm³/mol. The molecular formula is C14H15BrFNS. The number of benzene rings is 1. The molecule has 18 heavy (non-hydrogen) atoms. The number of aryl methyl sites for hydroxylation is 1. The maximum Gasteiger partial charge on any atom is 0.142 e.